The molecule has 0 aliphatic rings. The molecule has 0 aliphatic carbocycles. The Bertz CT molecular complexity index is 452. The third-order valence-electron chi connectivity index (χ3n) is 2.14. The number of aliphatic imine (C=N–C) groups is 2. The maximum atomic E-state index is 9.72. The predicted molar refractivity (Wildman–Crippen MR) is 70.6 cm³/mol. The molecule has 17 heavy (non-hydrogen) atoms. The quantitative estimate of drug-likeness (QED) is 0.466. The number of nitrogens with zero attached hydrogens (tertiary/aromatic N) is 3. The summed E-state index contributed by atoms with van der Waals surface area (Å²) < 4.78 is 0. The number of aliphatic hydroxyl groups is 1. The van der Waals surface area contributed by atoms with Crippen LogP contribution in [0.2, 0.25) is 0 Å². The number of aryl methyl sites for hydroxylation is 1. The molecule has 1 rings (SSSR count). The van der Waals surface area contributed by atoms with Gasteiger partial charge in [0.05, 0.1) is 11.4 Å². The van der Waals surface area contributed by atoms with Crippen LogP contribution in [-0.4, -0.2) is 23.1 Å². The Morgan fingerprint density at radius 3 is 3.00 bits per heavy atom. The van der Waals surface area contributed by atoms with Crippen LogP contribution in [0.5, 0.6) is 0 Å². The zero-order valence-corrected chi connectivity index (χ0v) is 10.0. The number of rotatable bonds is 5. The van der Waals surface area contributed by atoms with Gasteiger partial charge in [-0.05, 0) is 25.8 Å². The van der Waals surface area contributed by atoms with Crippen molar-refractivity contribution < 1.29 is 5.11 Å². The minimum absolute atomic E-state index is 0.160. The number of hydrogen-bond donors (Lipinski definition) is 2. The van der Waals surface area contributed by atoms with Crippen molar-refractivity contribution in [2.75, 3.05) is 5.32 Å². The lowest BCUT2D eigenvalue weighted by molar-refractivity contribution is 0.387. The maximum absolute atomic E-state index is 9.72. The van der Waals surface area contributed by atoms with E-state index in [0.717, 1.165) is 11.4 Å². The smallest absolute Gasteiger partial charge is 0.170 e. The fourth-order valence-electron chi connectivity index (χ4n) is 1.19. The first-order valence-corrected chi connectivity index (χ1v) is 5.28. The van der Waals surface area contributed by atoms with E-state index < -0.39 is 0 Å². The second-order valence-electron chi connectivity index (χ2n) is 3.34. The summed E-state index contributed by atoms with van der Waals surface area (Å²) in [6, 6.07) is 3.67. The normalized spacial score (nSPS) is 12.4. The third-order valence-corrected chi connectivity index (χ3v) is 2.14. The van der Waals surface area contributed by atoms with E-state index in [9.17, 15) is 5.11 Å². The largest absolute Gasteiger partial charge is 0.508 e. The summed E-state index contributed by atoms with van der Waals surface area (Å²) >= 11 is 0. The van der Waals surface area contributed by atoms with Crippen molar-refractivity contribution >= 4 is 18.7 Å². The Kier molecular flexibility index (Phi) is 4.87. The van der Waals surface area contributed by atoms with Crippen molar-refractivity contribution in [2.45, 2.75) is 20.3 Å². The van der Waals surface area contributed by atoms with Crippen LogP contribution in [0.4, 0.5) is 5.69 Å². The monoisotopic (exact) mass is 232 g/mol. The van der Waals surface area contributed by atoms with Gasteiger partial charge in [-0.25, -0.2) is 4.99 Å². The second-order valence-corrected chi connectivity index (χ2v) is 3.34. The average molecular weight is 232 g/mol. The highest BCUT2D eigenvalue weighted by atomic mass is 16.3. The van der Waals surface area contributed by atoms with E-state index >= 15 is 0 Å². The molecule has 0 saturated carbocycles. The highest BCUT2D eigenvalue weighted by Gasteiger charge is 2.05. The van der Waals surface area contributed by atoms with Crippen molar-refractivity contribution in [2.24, 2.45) is 9.98 Å². The molecule has 90 valence electrons. The Morgan fingerprint density at radius 1 is 1.65 bits per heavy atom. The zero-order valence-electron chi connectivity index (χ0n) is 10.0. The van der Waals surface area contributed by atoms with Crippen LogP contribution in [0.1, 0.15) is 19.0 Å². The standard InChI is InChI=1S/C12H16N4O/c1-4-11(17)12(15-8-13-3)16-10-6-5-7-14-9(10)2/h5-8,16-17H,3-4H2,1-2H3/b12-11-,15-8-. The van der Waals surface area contributed by atoms with Crippen molar-refractivity contribution in [3.8, 4) is 0 Å². The van der Waals surface area contributed by atoms with Gasteiger partial charge < -0.3 is 10.4 Å². The molecular formula is C12H16N4O. The molecule has 1 heterocycles. The first-order valence-electron chi connectivity index (χ1n) is 5.28. The van der Waals surface area contributed by atoms with E-state index in [1.54, 1.807) is 6.20 Å². The second kappa shape index (κ2) is 6.42. The van der Waals surface area contributed by atoms with E-state index in [1.165, 1.54) is 6.34 Å². The van der Waals surface area contributed by atoms with Crippen molar-refractivity contribution in [1.29, 1.82) is 0 Å². The number of nitrogens with one attached hydrogen (secondary N) is 1. The summed E-state index contributed by atoms with van der Waals surface area (Å²) in [4.78, 5) is 11.6. The van der Waals surface area contributed by atoms with Crippen LogP contribution in [0.3, 0.4) is 0 Å². The molecule has 0 amide bonds. The molecule has 0 saturated heterocycles. The molecule has 0 unspecified atom stereocenters. The Morgan fingerprint density at radius 2 is 2.41 bits per heavy atom. The van der Waals surface area contributed by atoms with Gasteiger partial charge in [-0.15, -0.1) is 0 Å². The van der Waals surface area contributed by atoms with Crippen LogP contribution in [0.15, 0.2) is 39.9 Å². The van der Waals surface area contributed by atoms with E-state index in [2.05, 4.69) is 27.0 Å². The average Bonchev–Trinajstić information content (AvgIpc) is 2.35. The van der Waals surface area contributed by atoms with E-state index in [-0.39, 0.29) is 5.76 Å². The minimum atomic E-state index is 0.160. The Hall–Kier alpha value is -2.17. The summed E-state index contributed by atoms with van der Waals surface area (Å²) in [5.74, 6) is 0.518. The van der Waals surface area contributed by atoms with Gasteiger partial charge in [0.1, 0.15) is 12.1 Å². The molecule has 0 fully saturated rings. The Balaban J connectivity index is 2.99. The molecule has 1 aromatic rings. The van der Waals surface area contributed by atoms with E-state index in [1.807, 2.05) is 26.0 Å². The summed E-state index contributed by atoms with van der Waals surface area (Å²) in [6.07, 6.45) is 3.47. The fraction of sp³-hybridized carbons (Fsp3) is 0.250. The van der Waals surface area contributed by atoms with Gasteiger partial charge >= 0.3 is 0 Å². The van der Waals surface area contributed by atoms with Gasteiger partial charge in [0.15, 0.2) is 5.82 Å². The zero-order chi connectivity index (χ0) is 12.7. The number of pyridine rings is 1. The molecule has 2 N–H and O–H groups in total. The summed E-state index contributed by atoms with van der Waals surface area (Å²) in [6.45, 7) is 7.01. The molecular weight excluding hydrogens is 216 g/mol. The molecule has 0 aliphatic heterocycles. The molecule has 5 nitrogen and oxygen atoms in total. The summed E-state index contributed by atoms with van der Waals surface area (Å²) in [7, 11) is 0. The van der Waals surface area contributed by atoms with Gasteiger partial charge in [0.2, 0.25) is 0 Å². The number of hydrogen-bond acceptors (Lipinski definition) is 4. The van der Waals surface area contributed by atoms with Gasteiger partial charge in [-0.1, -0.05) is 6.92 Å². The number of allylic oxidation sites excluding steroid dienone is 1. The topological polar surface area (TPSA) is 69.9 Å². The maximum Gasteiger partial charge on any atom is 0.170 e. The lowest BCUT2D eigenvalue weighted by Gasteiger charge is -2.10. The van der Waals surface area contributed by atoms with E-state index in [4.69, 9.17) is 0 Å². The summed E-state index contributed by atoms with van der Waals surface area (Å²) in [5.41, 5.74) is 1.62. The van der Waals surface area contributed by atoms with Crippen LogP contribution in [0, 0.1) is 6.92 Å². The first kappa shape index (κ1) is 12.9. The van der Waals surface area contributed by atoms with Crippen LogP contribution >= 0.6 is 0 Å². The molecule has 0 radical (unpaired) electrons. The summed E-state index contributed by atoms with van der Waals surface area (Å²) in [5, 5.41) is 12.7. The first-order chi connectivity index (χ1) is 8.19. The highest BCUT2D eigenvalue weighted by Crippen LogP contribution is 2.16. The number of aromatic nitrogens is 1. The van der Waals surface area contributed by atoms with Crippen molar-refractivity contribution in [3.05, 3.63) is 35.6 Å². The number of aliphatic hydroxyl groups excluding tert-OH is 1. The molecule has 1 aromatic heterocycles. The number of anilines is 1. The SMILES string of the molecule is C=N/C=N\C(Nc1cccnc1C)=C(\O)CC. The van der Waals surface area contributed by atoms with Gasteiger partial charge in [0, 0.05) is 12.6 Å². The molecule has 0 aromatic carbocycles. The van der Waals surface area contributed by atoms with Gasteiger partial charge in [-0.3, -0.25) is 9.98 Å². The van der Waals surface area contributed by atoms with E-state index in [0.29, 0.717) is 12.2 Å². The predicted octanol–water partition coefficient (Wildman–Crippen LogP) is 2.67. The lowest BCUT2D eigenvalue weighted by atomic mass is 10.3. The molecule has 5 heteroatoms. The molecule has 0 atom stereocenters. The minimum Gasteiger partial charge on any atom is -0.508 e. The van der Waals surface area contributed by atoms with Crippen LogP contribution < -0.4 is 5.32 Å². The van der Waals surface area contributed by atoms with Crippen LogP contribution in [-0.2, 0) is 0 Å². The lowest BCUT2D eigenvalue weighted by Crippen LogP contribution is -2.03. The van der Waals surface area contributed by atoms with Crippen molar-refractivity contribution in [1.82, 2.24) is 4.98 Å². The third kappa shape index (κ3) is 3.71. The molecule has 0 spiro atoms. The molecule has 0 bridgehead atoms. The van der Waals surface area contributed by atoms with Gasteiger partial charge in [-0.2, -0.15) is 0 Å². The highest BCUT2D eigenvalue weighted by molar-refractivity contribution is 5.64. The van der Waals surface area contributed by atoms with Crippen molar-refractivity contribution in [3.63, 3.8) is 0 Å². The Labute approximate surface area is 101 Å². The van der Waals surface area contributed by atoms with Gasteiger partial charge in [0.25, 0.3) is 0 Å². The fourth-order valence-corrected chi connectivity index (χ4v) is 1.19. The van der Waals surface area contributed by atoms with Crippen LogP contribution in [0.25, 0.3) is 0 Å².